The number of aliphatic hydroxyl groups excluding tert-OH is 1. The third-order valence-electron chi connectivity index (χ3n) is 15.9. The third-order valence-corrected chi connectivity index (χ3v) is 17.8. The number of hydrogen-bond donors (Lipinski definition) is 3. The van der Waals surface area contributed by atoms with Crippen molar-refractivity contribution in [3.63, 3.8) is 0 Å². The highest BCUT2D eigenvalue weighted by atomic mass is 31.2. The molecule has 0 aromatic rings. The number of phosphoric ester groups is 2. The second kappa shape index (κ2) is 62.8. The molecule has 0 amide bonds. The lowest BCUT2D eigenvalue weighted by molar-refractivity contribution is -0.161. The minimum Gasteiger partial charge on any atom is -0.462 e. The number of unbranched alkanes of at least 4 members (excludes halogenated alkanes) is 43. The molecule has 0 aliphatic rings. The van der Waals surface area contributed by atoms with Crippen molar-refractivity contribution in [3.05, 3.63) is 0 Å². The minimum absolute atomic E-state index is 0.107. The first-order valence-electron chi connectivity index (χ1n) is 35.8. The van der Waals surface area contributed by atoms with Gasteiger partial charge in [0.1, 0.15) is 19.3 Å². The number of carbonyl (C=O) groups excluding carboxylic acids is 4. The zero-order valence-corrected chi connectivity index (χ0v) is 57.8. The molecular weight excluding hydrogens is 1150 g/mol. The van der Waals surface area contributed by atoms with Gasteiger partial charge >= 0.3 is 39.5 Å². The predicted molar refractivity (Wildman–Crippen MR) is 349 cm³/mol. The molecule has 5 atom stereocenters. The van der Waals surface area contributed by atoms with E-state index in [4.69, 9.17) is 37.0 Å². The van der Waals surface area contributed by atoms with Crippen LogP contribution in [-0.2, 0) is 65.4 Å². The van der Waals surface area contributed by atoms with E-state index in [2.05, 4.69) is 27.7 Å². The first-order valence-corrected chi connectivity index (χ1v) is 38.8. The van der Waals surface area contributed by atoms with Crippen LogP contribution in [0, 0.1) is 0 Å². The maximum absolute atomic E-state index is 13.0. The molecule has 0 aliphatic carbocycles. The van der Waals surface area contributed by atoms with E-state index >= 15 is 0 Å². The Morgan fingerprint density at radius 2 is 0.460 bits per heavy atom. The highest BCUT2D eigenvalue weighted by Gasteiger charge is 2.30. The Bertz CT molecular complexity index is 1670. The third kappa shape index (κ3) is 62.6. The summed E-state index contributed by atoms with van der Waals surface area (Å²) < 4.78 is 68.2. The van der Waals surface area contributed by atoms with Crippen LogP contribution in [0.3, 0.4) is 0 Å². The van der Waals surface area contributed by atoms with Gasteiger partial charge in [-0.25, -0.2) is 9.13 Å². The monoisotopic (exact) mass is 1280 g/mol. The van der Waals surface area contributed by atoms with Crippen molar-refractivity contribution < 1.29 is 80.2 Å². The molecule has 0 radical (unpaired) electrons. The Kier molecular flexibility index (Phi) is 61.4. The van der Waals surface area contributed by atoms with Crippen LogP contribution in [0.15, 0.2) is 0 Å². The van der Waals surface area contributed by atoms with Crippen molar-refractivity contribution in [2.45, 2.75) is 373 Å². The molecule has 0 aromatic heterocycles. The molecule has 2 unspecified atom stereocenters. The molecule has 0 aliphatic heterocycles. The molecule has 87 heavy (non-hydrogen) atoms. The molecule has 0 saturated heterocycles. The molecule has 17 nitrogen and oxygen atoms in total. The summed E-state index contributed by atoms with van der Waals surface area (Å²) in [6, 6.07) is 0. The van der Waals surface area contributed by atoms with E-state index in [0.717, 1.165) is 89.9 Å². The molecule has 0 aromatic carbocycles. The van der Waals surface area contributed by atoms with Crippen LogP contribution in [0.5, 0.6) is 0 Å². The molecule has 0 saturated carbocycles. The summed E-state index contributed by atoms with van der Waals surface area (Å²) in [6.07, 6.45) is 49.7. The largest absolute Gasteiger partial charge is 0.472 e. The Morgan fingerprint density at radius 3 is 0.678 bits per heavy atom. The van der Waals surface area contributed by atoms with E-state index in [9.17, 15) is 43.2 Å². The Labute approximate surface area is 530 Å². The van der Waals surface area contributed by atoms with E-state index in [-0.39, 0.29) is 25.7 Å². The van der Waals surface area contributed by atoms with Crippen LogP contribution < -0.4 is 0 Å². The SMILES string of the molecule is CCCCCCCCCCCCCCCCCC(=O)O[C@H](COC(=O)CCCCCCCCCCCCC)COP(=O)(O)OC[C@@H](O)COP(=O)(O)OC[C@@H](COC(=O)CCCCCCCCCCCC)OC(=O)CCCCCCCCCCCCC. The molecule has 0 bridgehead atoms. The number of esters is 4. The molecule has 0 spiro atoms. The van der Waals surface area contributed by atoms with Crippen LogP contribution in [0.4, 0.5) is 0 Å². The topological polar surface area (TPSA) is 237 Å². The van der Waals surface area contributed by atoms with Crippen LogP contribution in [0.2, 0.25) is 0 Å². The molecule has 3 N–H and O–H groups in total. The van der Waals surface area contributed by atoms with Gasteiger partial charge < -0.3 is 33.8 Å². The zero-order valence-electron chi connectivity index (χ0n) is 56.0. The van der Waals surface area contributed by atoms with Gasteiger partial charge in [-0.3, -0.25) is 37.3 Å². The summed E-state index contributed by atoms with van der Waals surface area (Å²) in [7, 11) is -9.89. The van der Waals surface area contributed by atoms with E-state index < -0.39 is 97.5 Å². The predicted octanol–water partition coefficient (Wildman–Crippen LogP) is 19.5. The lowest BCUT2D eigenvalue weighted by Gasteiger charge is -2.21. The van der Waals surface area contributed by atoms with E-state index in [1.807, 2.05) is 0 Å². The van der Waals surface area contributed by atoms with Gasteiger partial charge in [0.15, 0.2) is 12.2 Å². The number of rotatable bonds is 69. The summed E-state index contributed by atoms with van der Waals surface area (Å²) >= 11 is 0. The van der Waals surface area contributed by atoms with Gasteiger partial charge in [-0.1, -0.05) is 304 Å². The van der Waals surface area contributed by atoms with Gasteiger partial charge in [0.2, 0.25) is 0 Å². The number of hydrogen-bond acceptors (Lipinski definition) is 15. The van der Waals surface area contributed by atoms with Crippen LogP contribution in [-0.4, -0.2) is 96.7 Å². The smallest absolute Gasteiger partial charge is 0.462 e. The average molecular weight is 1280 g/mol. The fourth-order valence-electron chi connectivity index (χ4n) is 10.3. The molecule has 0 rings (SSSR count). The van der Waals surface area contributed by atoms with Crippen molar-refractivity contribution in [2.75, 3.05) is 39.6 Å². The van der Waals surface area contributed by atoms with Gasteiger partial charge in [-0.05, 0) is 25.7 Å². The van der Waals surface area contributed by atoms with Gasteiger partial charge in [-0.2, -0.15) is 0 Å². The van der Waals surface area contributed by atoms with Crippen molar-refractivity contribution in [1.82, 2.24) is 0 Å². The number of carbonyl (C=O) groups is 4. The second-order valence-electron chi connectivity index (χ2n) is 24.6. The van der Waals surface area contributed by atoms with Gasteiger partial charge in [0.05, 0.1) is 26.4 Å². The Balaban J connectivity index is 5.23. The highest BCUT2D eigenvalue weighted by Crippen LogP contribution is 2.45. The van der Waals surface area contributed by atoms with Gasteiger partial charge in [-0.15, -0.1) is 0 Å². The first kappa shape index (κ1) is 85.1. The first-order chi connectivity index (χ1) is 42.2. The standard InChI is InChI=1S/C68H132O17P2/c1-5-9-13-17-21-25-29-30-31-32-35-39-43-47-51-55-68(73)85-64(59-79-66(71)53-49-45-41-37-33-26-22-18-14-10-6-2)61-83-87(76,77)81-57-62(69)56-80-86(74,75)82-60-63(58-78-65(70)52-48-44-40-36-28-24-20-16-12-8-4)84-67(72)54-50-46-42-38-34-27-23-19-15-11-7-3/h62-64,69H,5-61H2,1-4H3,(H,74,75)(H,76,77)/t62-,63+,64+/m0/s1. The molecule has 0 fully saturated rings. The van der Waals surface area contributed by atoms with E-state index in [1.165, 1.54) is 186 Å². The van der Waals surface area contributed by atoms with Gasteiger partial charge in [0.25, 0.3) is 0 Å². The number of phosphoric acid groups is 2. The summed E-state index contributed by atoms with van der Waals surface area (Å²) in [4.78, 5) is 72.4. The van der Waals surface area contributed by atoms with Crippen molar-refractivity contribution >= 4 is 39.5 Å². The lowest BCUT2D eigenvalue weighted by Crippen LogP contribution is -2.30. The number of aliphatic hydroxyl groups is 1. The summed E-state index contributed by atoms with van der Waals surface area (Å²) in [6.45, 7) is 4.92. The lowest BCUT2D eigenvalue weighted by atomic mass is 10.0. The fourth-order valence-corrected chi connectivity index (χ4v) is 11.9. The zero-order chi connectivity index (χ0) is 64.0. The molecule has 0 heterocycles. The minimum atomic E-state index is -4.95. The Morgan fingerprint density at radius 1 is 0.276 bits per heavy atom. The second-order valence-corrected chi connectivity index (χ2v) is 27.5. The van der Waals surface area contributed by atoms with E-state index in [1.54, 1.807) is 0 Å². The number of ether oxygens (including phenoxy) is 4. The van der Waals surface area contributed by atoms with Gasteiger partial charge in [0, 0.05) is 25.7 Å². The molecular formula is C68H132O17P2. The van der Waals surface area contributed by atoms with Crippen molar-refractivity contribution in [3.8, 4) is 0 Å². The maximum Gasteiger partial charge on any atom is 0.472 e. The van der Waals surface area contributed by atoms with Crippen molar-refractivity contribution in [1.29, 1.82) is 0 Å². The average Bonchev–Trinajstić information content (AvgIpc) is 3.70. The summed E-state index contributed by atoms with van der Waals surface area (Å²) in [5.74, 6) is -2.12. The van der Waals surface area contributed by atoms with Crippen LogP contribution in [0.25, 0.3) is 0 Å². The summed E-state index contributed by atoms with van der Waals surface area (Å²) in [5.41, 5.74) is 0. The van der Waals surface area contributed by atoms with Crippen molar-refractivity contribution in [2.24, 2.45) is 0 Å². The van der Waals surface area contributed by atoms with E-state index in [0.29, 0.717) is 25.7 Å². The summed E-state index contributed by atoms with van der Waals surface area (Å²) in [5, 5.41) is 10.6. The van der Waals surface area contributed by atoms with Crippen LogP contribution >= 0.6 is 15.6 Å². The maximum atomic E-state index is 13.0. The fraction of sp³-hybridized carbons (Fsp3) is 0.941. The Hall–Kier alpha value is -1.94. The highest BCUT2D eigenvalue weighted by molar-refractivity contribution is 7.47. The molecule has 516 valence electrons. The molecule has 19 heteroatoms. The normalized spacial score (nSPS) is 14.1. The quantitative estimate of drug-likeness (QED) is 0.0222. The van der Waals surface area contributed by atoms with Crippen LogP contribution in [0.1, 0.15) is 355 Å².